The summed E-state index contributed by atoms with van der Waals surface area (Å²) in [4.78, 5) is 2.51. The van der Waals surface area contributed by atoms with Crippen molar-refractivity contribution in [2.45, 2.75) is 32.7 Å². The predicted molar refractivity (Wildman–Crippen MR) is 68.8 cm³/mol. The van der Waals surface area contributed by atoms with Crippen molar-refractivity contribution in [1.29, 1.82) is 0 Å². The Balaban J connectivity index is 1.96. The highest BCUT2D eigenvalue weighted by Gasteiger charge is 2.16. The summed E-state index contributed by atoms with van der Waals surface area (Å²) in [6, 6.07) is 0.691. The Hall–Kier alpha value is -0.380. The van der Waals surface area contributed by atoms with Crippen molar-refractivity contribution in [2.75, 3.05) is 39.4 Å². The zero-order valence-corrected chi connectivity index (χ0v) is 10.8. The van der Waals surface area contributed by atoms with Gasteiger partial charge in [0.15, 0.2) is 0 Å². The molecule has 0 atom stereocenters. The lowest BCUT2D eigenvalue weighted by molar-refractivity contribution is 0.147. The fourth-order valence-electron chi connectivity index (χ4n) is 2.03. The molecule has 0 unspecified atom stereocenters. The maximum Gasteiger partial charge on any atom is 0.0672 e. The molecule has 1 fully saturated rings. The highest BCUT2D eigenvalue weighted by molar-refractivity contribution is 4.87. The lowest BCUT2D eigenvalue weighted by Crippen LogP contribution is -2.43. The zero-order chi connectivity index (χ0) is 11.8. The Labute approximate surface area is 99.8 Å². The Morgan fingerprint density at radius 3 is 2.69 bits per heavy atom. The van der Waals surface area contributed by atoms with Gasteiger partial charge in [0.05, 0.1) is 13.2 Å². The van der Waals surface area contributed by atoms with E-state index in [0.717, 1.165) is 18.7 Å². The molecule has 0 spiro atoms. The van der Waals surface area contributed by atoms with Crippen LogP contribution >= 0.6 is 0 Å². The molecular weight excluding hydrogens is 200 g/mol. The van der Waals surface area contributed by atoms with Crippen LogP contribution in [0.1, 0.15) is 26.7 Å². The van der Waals surface area contributed by atoms with E-state index in [1.165, 1.54) is 32.5 Å². The van der Waals surface area contributed by atoms with E-state index in [9.17, 15) is 0 Å². The summed E-state index contributed by atoms with van der Waals surface area (Å²) in [6.45, 7) is 14.1. The standard InChI is InChI=1S/C13H26N2O/c1-4-15-8-5-13(6-9-15)14-7-10-16-11-12(2)3/h13-14H,2,4-11H2,1,3H3. The van der Waals surface area contributed by atoms with E-state index in [-0.39, 0.29) is 0 Å². The third-order valence-electron chi connectivity index (χ3n) is 3.06. The van der Waals surface area contributed by atoms with E-state index in [1.807, 2.05) is 6.92 Å². The number of nitrogens with zero attached hydrogens (tertiary/aromatic N) is 1. The number of piperidine rings is 1. The number of ether oxygens (including phenoxy) is 1. The summed E-state index contributed by atoms with van der Waals surface area (Å²) in [5, 5.41) is 3.56. The molecule has 0 aromatic heterocycles. The van der Waals surface area contributed by atoms with Gasteiger partial charge in [0.25, 0.3) is 0 Å². The van der Waals surface area contributed by atoms with Crippen LogP contribution < -0.4 is 5.32 Å². The number of nitrogens with one attached hydrogen (secondary N) is 1. The molecule has 16 heavy (non-hydrogen) atoms. The first kappa shape index (κ1) is 13.7. The van der Waals surface area contributed by atoms with Gasteiger partial charge in [0.1, 0.15) is 0 Å². The second-order valence-electron chi connectivity index (χ2n) is 4.67. The van der Waals surface area contributed by atoms with Crippen molar-refractivity contribution in [1.82, 2.24) is 10.2 Å². The smallest absolute Gasteiger partial charge is 0.0672 e. The summed E-state index contributed by atoms with van der Waals surface area (Å²) in [6.07, 6.45) is 2.54. The molecule has 94 valence electrons. The number of hydrogen-bond donors (Lipinski definition) is 1. The van der Waals surface area contributed by atoms with Gasteiger partial charge in [-0.15, -0.1) is 0 Å². The van der Waals surface area contributed by atoms with E-state index in [1.54, 1.807) is 0 Å². The summed E-state index contributed by atoms with van der Waals surface area (Å²) in [7, 11) is 0. The van der Waals surface area contributed by atoms with Crippen molar-refractivity contribution < 1.29 is 4.74 Å². The lowest BCUT2D eigenvalue weighted by atomic mass is 10.1. The van der Waals surface area contributed by atoms with Gasteiger partial charge < -0.3 is 15.0 Å². The van der Waals surface area contributed by atoms with Crippen LogP contribution in [0.5, 0.6) is 0 Å². The topological polar surface area (TPSA) is 24.5 Å². The molecule has 1 heterocycles. The highest BCUT2D eigenvalue weighted by Crippen LogP contribution is 2.09. The van der Waals surface area contributed by atoms with Gasteiger partial charge in [-0.2, -0.15) is 0 Å². The summed E-state index contributed by atoms with van der Waals surface area (Å²) in [5.41, 5.74) is 1.09. The Morgan fingerprint density at radius 1 is 1.44 bits per heavy atom. The second kappa shape index (κ2) is 7.82. The van der Waals surface area contributed by atoms with Crippen molar-refractivity contribution >= 4 is 0 Å². The highest BCUT2D eigenvalue weighted by atomic mass is 16.5. The molecule has 0 aliphatic carbocycles. The molecule has 0 aromatic rings. The SMILES string of the molecule is C=C(C)COCCNC1CCN(CC)CC1. The fraction of sp³-hybridized carbons (Fsp3) is 0.846. The third-order valence-corrected chi connectivity index (χ3v) is 3.06. The maximum atomic E-state index is 5.46. The third kappa shape index (κ3) is 5.64. The molecule has 1 saturated heterocycles. The molecule has 1 aliphatic rings. The molecule has 0 amide bonds. The number of likely N-dealkylation sites (tertiary alicyclic amines) is 1. The van der Waals surface area contributed by atoms with Crippen molar-refractivity contribution in [3.8, 4) is 0 Å². The first-order valence-electron chi connectivity index (χ1n) is 6.40. The van der Waals surface area contributed by atoms with Gasteiger partial charge in [0.2, 0.25) is 0 Å². The van der Waals surface area contributed by atoms with Crippen molar-refractivity contribution in [2.24, 2.45) is 0 Å². The van der Waals surface area contributed by atoms with E-state index < -0.39 is 0 Å². The Kier molecular flexibility index (Phi) is 6.69. The van der Waals surface area contributed by atoms with Crippen LogP contribution in [0.2, 0.25) is 0 Å². The summed E-state index contributed by atoms with van der Waals surface area (Å²) >= 11 is 0. The summed E-state index contributed by atoms with van der Waals surface area (Å²) in [5.74, 6) is 0. The molecule has 1 aliphatic heterocycles. The average Bonchev–Trinajstić information content (AvgIpc) is 2.29. The minimum Gasteiger partial charge on any atom is -0.376 e. The van der Waals surface area contributed by atoms with Gasteiger partial charge in [-0.25, -0.2) is 0 Å². The Bertz CT molecular complexity index is 198. The molecule has 0 aromatic carbocycles. The normalized spacial score (nSPS) is 18.9. The van der Waals surface area contributed by atoms with E-state index in [0.29, 0.717) is 12.6 Å². The van der Waals surface area contributed by atoms with Crippen molar-refractivity contribution in [3.63, 3.8) is 0 Å². The lowest BCUT2D eigenvalue weighted by Gasteiger charge is -2.31. The molecule has 0 saturated carbocycles. The largest absolute Gasteiger partial charge is 0.376 e. The molecule has 1 N–H and O–H groups in total. The molecular formula is C13H26N2O. The fourth-order valence-corrected chi connectivity index (χ4v) is 2.03. The van der Waals surface area contributed by atoms with Crippen LogP contribution in [0, 0.1) is 0 Å². The van der Waals surface area contributed by atoms with Gasteiger partial charge in [-0.3, -0.25) is 0 Å². The van der Waals surface area contributed by atoms with Gasteiger partial charge in [-0.1, -0.05) is 19.1 Å². The predicted octanol–water partition coefficient (Wildman–Crippen LogP) is 1.65. The number of rotatable bonds is 7. The van der Waals surface area contributed by atoms with Gasteiger partial charge >= 0.3 is 0 Å². The minimum atomic E-state index is 0.690. The van der Waals surface area contributed by atoms with Crippen molar-refractivity contribution in [3.05, 3.63) is 12.2 Å². The van der Waals surface area contributed by atoms with Crippen LogP contribution in [0.4, 0.5) is 0 Å². The van der Waals surface area contributed by atoms with Crippen LogP contribution in [0.3, 0.4) is 0 Å². The van der Waals surface area contributed by atoms with E-state index >= 15 is 0 Å². The molecule has 0 bridgehead atoms. The molecule has 0 radical (unpaired) electrons. The van der Waals surface area contributed by atoms with Crippen LogP contribution in [-0.4, -0.2) is 50.3 Å². The molecule has 3 nitrogen and oxygen atoms in total. The van der Waals surface area contributed by atoms with E-state index in [2.05, 4.69) is 23.7 Å². The monoisotopic (exact) mass is 226 g/mol. The second-order valence-corrected chi connectivity index (χ2v) is 4.67. The molecule has 1 rings (SSSR count). The van der Waals surface area contributed by atoms with Gasteiger partial charge in [0, 0.05) is 12.6 Å². The average molecular weight is 226 g/mol. The van der Waals surface area contributed by atoms with Crippen LogP contribution in [0.25, 0.3) is 0 Å². The first-order valence-corrected chi connectivity index (χ1v) is 6.40. The zero-order valence-electron chi connectivity index (χ0n) is 10.8. The molecule has 3 heteroatoms. The van der Waals surface area contributed by atoms with Gasteiger partial charge in [-0.05, 0) is 39.4 Å². The van der Waals surface area contributed by atoms with Crippen LogP contribution in [0.15, 0.2) is 12.2 Å². The van der Waals surface area contributed by atoms with Crippen LogP contribution in [-0.2, 0) is 4.74 Å². The number of hydrogen-bond acceptors (Lipinski definition) is 3. The quantitative estimate of drug-likeness (QED) is 0.528. The Morgan fingerprint density at radius 2 is 2.12 bits per heavy atom. The summed E-state index contributed by atoms with van der Waals surface area (Å²) < 4.78 is 5.46. The first-order chi connectivity index (χ1) is 7.72. The van der Waals surface area contributed by atoms with E-state index in [4.69, 9.17) is 4.74 Å². The maximum absolute atomic E-state index is 5.46. The minimum absolute atomic E-state index is 0.690.